The zero-order valence-electron chi connectivity index (χ0n) is 14.8. The maximum Gasteiger partial charge on any atom is 0.241 e. The first-order valence-corrected chi connectivity index (χ1v) is 10.1. The van der Waals surface area contributed by atoms with Crippen molar-refractivity contribution in [1.82, 2.24) is 25.3 Å². The van der Waals surface area contributed by atoms with Crippen LogP contribution in [0.4, 0.5) is 0 Å². The highest BCUT2D eigenvalue weighted by atomic mass is 32.2. The van der Waals surface area contributed by atoms with Crippen LogP contribution in [0.1, 0.15) is 37.3 Å². The van der Waals surface area contributed by atoms with E-state index in [1.165, 1.54) is 37.2 Å². The molecule has 1 amide bonds. The van der Waals surface area contributed by atoms with E-state index < -0.39 is 0 Å². The Kier molecular flexibility index (Phi) is 5.84. The molecule has 0 bridgehead atoms. The van der Waals surface area contributed by atoms with Gasteiger partial charge in [-0.3, -0.25) is 14.4 Å². The SMILES string of the molecule is CNC(C(=O)NCC1(N2CCSCC2)CCCC1)c1cnn(C)c1. The molecule has 2 fully saturated rings. The second-order valence-electron chi connectivity index (χ2n) is 6.92. The third-order valence-corrected chi connectivity index (χ3v) is 6.36. The van der Waals surface area contributed by atoms with E-state index in [0.717, 1.165) is 25.2 Å². The molecule has 1 unspecified atom stereocenters. The molecule has 2 N–H and O–H groups in total. The normalized spacial score (nSPS) is 22.4. The number of hydrogen-bond acceptors (Lipinski definition) is 5. The summed E-state index contributed by atoms with van der Waals surface area (Å²) >= 11 is 2.04. The minimum Gasteiger partial charge on any atom is -0.353 e. The number of carbonyl (C=O) groups excluding carboxylic acids is 1. The summed E-state index contributed by atoms with van der Waals surface area (Å²) in [6, 6.07) is -0.339. The molecule has 0 radical (unpaired) electrons. The number of aryl methyl sites for hydroxylation is 1. The lowest BCUT2D eigenvalue weighted by Crippen LogP contribution is -2.57. The summed E-state index contributed by atoms with van der Waals surface area (Å²) in [5, 5.41) is 10.5. The number of amides is 1. The van der Waals surface area contributed by atoms with Crippen molar-refractivity contribution in [3.63, 3.8) is 0 Å². The number of carbonyl (C=O) groups is 1. The topological polar surface area (TPSA) is 62.2 Å². The van der Waals surface area contributed by atoms with Crippen molar-refractivity contribution in [2.75, 3.05) is 38.2 Å². The number of hydrogen-bond donors (Lipinski definition) is 2. The first-order chi connectivity index (χ1) is 11.6. The van der Waals surface area contributed by atoms with Gasteiger partial charge in [-0.1, -0.05) is 12.8 Å². The summed E-state index contributed by atoms with van der Waals surface area (Å²) in [6.45, 7) is 3.06. The van der Waals surface area contributed by atoms with E-state index in [4.69, 9.17) is 0 Å². The summed E-state index contributed by atoms with van der Waals surface area (Å²) in [5.41, 5.74) is 1.08. The van der Waals surface area contributed by atoms with Crippen LogP contribution in [0.5, 0.6) is 0 Å². The quantitative estimate of drug-likeness (QED) is 0.805. The van der Waals surface area contributed by atoms with Gasteiger partial charge in [0.1, 0.15) is 6.04 Å². The van der Waals surface area contributed by atoms with E-state index in [0.29, 0.717) is 0 Å². The lowest BCUT2D eigenvalue weighted by molar-refractivity contribution is -0.123. The Morgan fingerprint density at radius 1 is 1.38 bits per heavy atom. The monoisotopic (exact) mass is 351 g/mol. The van der Waals surface area contributed by atoms with Gasteiger partial charge in [0.2, 0.25) is 5.91 Å². The predicted octanol–water partition coefficient (Wildman–Crippen LogP) is 1.16. The van der Waals surface area contributed by atoms with Gasteiger partial charge in [0, 0.05) is 55.5 Å². The second kappa shape index (κ2) is 7.89. The van der Waals surface area contributed by atoms with Crippen molar-refractivity contribution in [1.29, 1.82) is 0 Å². The van der Waals surface area contributed by atoms with Crippen molar-refractivity contribution in [2.24, 2.45) is 7.05 Å². The molecule has 2 heterocycles. The Morgan fingerprint density at radius 3 is 2.67 bits per heavy atom. The molecule has 1 aliphatic carbocycles. The Bertz CT molecular complexity index is 549. The third kappa shape index (κ3) is 3.78. The van der Waals surface area contributed by atoms with Gasteiger partial charge in [0.05, 0.1) is 6.20 Å². The van der Waals surface area contributed by atoms with Crippen LogP contribution >= 0.6 is 11.8 Å². The van der Waals surface area contributed by atoms with Crippen LogP contribution in [0.25, 0.3) is 0 Å². The van der Waals surface area contributed by atoms with E-state index >= 15 is 0 Å². The Balaban J connectivity index is 1.64. The first-order valence-electron chi connectivity index (χ1n) is 8.91. The largest absolute Gasteiger partial charge is 0.353 e. The van der Waals surface area contributed by atoms with Crippen molar-refractivity contribution >= 4 is 17.7 Å². The van der Waals surface area contributed by atoms with Crippen molar-refractivity contribution in [3.05, 3.63) is 18.0 Å². The van der Waals surface area contributed by atoms with Gasteiger partial charge in [-0.15, -0.1) is 0 Å². The smallest absolute Gasteiger partial charge is 0.241 e. The predicted molar refractivity (Wildman–Crippen MR) is 98.1 cm³/mol. The Labute approximate surface area is 148 Å². The summed E-state index contributed by atoms with van der Waals surface area (Å²) in [7, 11) is 3.69. The van der Waals surface area contributed by atoms with Crippen LogP contribution in [0.3, 0.4) is 0 Å². The zero-order chi connectivity index (χ0) is 17.0. The Hall–Kier alpha value is -1.05. The van der Waals surface area contributed by atoms with Gasteiger partial charge < -0.3 is 10.6 Å². The van der Waals surface area contributed by atoms with Gasteiger partial charge in [-0.2, -0.15) is 16.9 Å². The highest BCUT2D eigenvalue weighted by Crippen LogP contribution is 2.36. The molecular weight excluding hydrogens is 322 g/mol. The first kappa shape index (κ1) is 17.8. The van der Waals surface area contributed by atoms with Gasteiger partial charge in [-0.25, -0.2) is 0 Å². The summed E-state index contributed by atoms with van der Waals surface area (Å²) in [4.78, 5) is 15.4. The van der Waals surface area contributed by atoms with Gasteiger partial charge in [0.15, 0.2) is 0 Å². The maximum absolute atomic E-state index is 12.7. The van der Waals surface area contributed by atoms with E-state index in [1.54, 1.807) is 10.9 Å². The molecule has 1 aliphatic heterocycles. The lowest BCUT2D eigenvalue weighted by Gasteiger charge is -2.43. The number of nitrogens with one attached hydrogen (secondary N) is 2. The van der Waals surface area contributed by atoms with Crippen LogP contribution in [0.2, 0.25) is 0 Å². The van der Waals surface area contributed by atoms with E-state index in [9.17, 15) is 4.79 Å². The molecule has 0 aromatic carbocycles. The molecule has 1 aromatic rings. The van der Waals surface area contributed by atoms with E-state index in [2.05, 4.69) is 20.6 Å². The van der Waals surface area contributed by atoms with Crippen molar-refractivity contribution in [3.8, 4) is 0 Å². The molecule has 1 saturated carbocycles. The number of nitrogens with zero attached hydrogens (tertiary/aromatic N) is 3. The van der Waals surface area contributed by atoms with Crippen molar-refractivity contribution < 1.29 is 4.79 Å². The summed E-state index contributed by atoms with van der Waals surface area (Å²) in [6.07, 6.45) is 8.61. The highest BCUT2D eigenvalue weighted by molar-refractivity contribution is 7.99. The zero-order valence-corrected chi connectivity index (χ0v) is 15.6. The minimum atomic E-state index is -0.339. The second-order valence-corrected chi connectivity index (χ2v) is 8.14. The number of aromatic nitrogens is 2. The highest BCUT2D eigenvalue weighted by Gasteiger charge is 2.40. The third-order valence-electron chi connectivity index (χ3n) is 5.42. The van der Waals surface area contributed by atoms with Crippen LogP contribution in [-0.4, -0.2) is 64.3 Å². The van der Waals surface area contributed by atoms with Gasteiger partial charge >= 0.3 is 0 Å². The number of rotatable bonds is 6. The number of likely N-dealkylation sites (N-methyl/N-ethyl adjacent to an activating group) is 1. The molecule has 2 aliphatic rings. The molecular formula is C17H29N5OS. The van der Waals surface area contributed by atoms with E-state index in [1.807, 2.05) is 32.1 Å². The molecule has 134 valence electrons. The fourth-order valence-electron chi connectivity index (χ4n) is 4.07. The summed E-state index contributed by atoms with van der Waals surface area (Å²) < 4.78 is 1.73. The molecule has 1 atom stereocenters. The maximum atomic E-state index is 12.7. The van der Waals surface area contributed by atoms with Gasteiger partial charge in [-0.05, 0) is 19.9 Å². The van der Waals surface area contributed by atoms with E-state index in [-0.39, 0.29) is 17.5 Å². The summed E-state index contributed by atoms with van der Waals surface area (Å²) in [5.74, 6) is 2.47. The van der Waals surface area contributed by atoms with Gasteiger partial charge in [0.25, 0.3) is 0 Å². The van der Waals surface area contributed by atoms with Crippen LogP contribution < -0.4 is 10.6 Å². The molecule has 24 heavy (non-hydrogen) atoms. The average molecular weight is 352 g/mol. The van der Waals surface area contributed by atoms with Crippen LogP contribution in [0.15, 0.2) is 12.4 Å². The molecule has 7 heteroatoms. The molecule has 3 rings (SSSR count). The molecule has 0 spiro atoms. The molecule has 1 saturated heterocycles. The fraction of sp³-hybridized carbons (Fsp3) is 0.765. The van der Waals surface area contributed by atoms with Crippen molar-refractivity contribution in [2.45, 2.75) is 37.3 Å². The average Bonchev–Trinajstić information content (AvgIpc) is 3.25. The standard InChI is InChI=1S/C17H29N5OS/c1-18-15(14-11-20-21(2)12-14)16(23)19-13-17(5-3-4-6-17)22-7-9-24-10-8-22/h11-12,15,18H,3-10,13H2,1-2H3,(H,19,23). The molecule has 1 aromatic heterocycles. The molecule has 6 nitrogen and oxygen atoms in total. The van der Waals surface area contributed by atoms with Crippen LogP contribution in [0, 0.1) is 0 Å². The fourth-order valence-corrected chi connectivity index (χ4v) is 4.97. The minimum absolute atomic E-state index is 0.0446. The lowest BCUT2D eigenvalue weighted by atomic mass is 9.94. The van der Waals surface area contributed by atoms with Crippen LogP contribution in [-0.2, 0) is 11.8 Å². The Morgan fingerprint density at radius 2 is 2.08 bits per heavy atom. The number of thioether (sulfide) groups is 1.